The molecule has 5 saturated heterocycles. The number of aromatic nitrogens is 14. The number of imidazole rings is 2. The van der Waals surface area contributed by atoms with E-state index in [0.29, 0.717) is 6.42 Å². The normalized spacial score (nSPS) is 28.7. The van der Waals surface area contributed by atoms with Crippen molar-refractivity contribution in [2.45, 2.75) is 172 Å². The molecule has 10 unspecified atom stereocenters. The van der Waals surface area contributed by atoms with Crippen LogP contribution in [0.15, 0.2) is 70.9 Å². The number of rotatable bonds is 30. The molecule has 5 aliphatic heterocycles. The number of H-pyrrole nitrogens is 4. The summed E-state index contributed by atoms with van der Waals surface area (Å²) in [5.74, 6) is -0.623. The average molecular weight is 1750 g/mol. The lowest BCUT2D eigenvalue weighted by molar-refractivity contribution is -0.0520. The molecule has 7 aromatic rings. The summed E-state index contributed by atoms with van der Waals surface area (Å²) in [6.07, 6.45) is -11.1. The molecule has 0 saturated carbocycles. The zero-order valence-corrected chi connectivity index (χ0v) is 68.7. The monoisotopic (exact) mass is 1750 g/mol. The van der Waals surface area contributed by atoms with Gasteiger partial charge in [-0.2, -0.15) is 15.0 Å². The largest absolute Gasteiger partial charge is 0.386 e. The molecular weight excluding hydrogens is 1670 g/mol. The Labute approximate surface area is 652 Å². The number of ether oxygens (including phenoxy) is 5. The third kappa shape index (κ3) is 20.3. The van der Waals surface area contributed by atoms with E-state index in [1.54, 1.807) is 20.8 Å². The Hall–Kier alpha value is -4.94. The first-order chi connectivity index (χ1) is 51.4. The van der Waals surface area contributed by atoms with E-state index in [1.807, 2.05) is 13.8 Å². The first kappa shape index (κ1) is 84.5. The van der Waals surface area contributed by atoms with Gasteiger partial charge in [-0.15, -0.1) is 0 Å². The van der Waals surface area contributed by atoms with Crippen LogP contribution < -0.4 is 56.5 Å². The fraction of sp³-hybridized carbons (Fsp3) is 0.607. The Morgan fingerprint density at radius 3 is 1.26 bits per heavy atom. The lowest BCUT2D eigenvalue weighted by Crippen LogP contribution is -2.33. The van der Waals surface area contributed by atoms with Crippen LogP contribution in [0.1, 0.15) is 109 Å². The van der Waals surface area contributed by atoms with Gasteiger partial charge in [0.15, 0.2) is 22.3 Å². The molecule has 0 aliphatic carbocycles. The van der Waals surface area contributed by atoms with Crippen molar-refractivity contribution < 1.29 is 87.2 Å². The smallest absolute Gasteiger partial charge is 0.383 e. The molecule has 0 radical (unpaired) electrons. The molecule has 0 spiro atoms. The molecule has 20 atom stereocenters. The number of hydrogen-bond acceptors (Lipinski definition) is 35. The summed E-state index contributed by atoms with van der Waals surface area (Å²) in [7, 11) is 0. The number of nitrogen functional groups attached to an aromatic ring is 3. The molecule has 604 valence electrons. The predicted molar refractivity (Wildman–Crippen MR) is 411 cm³/mol. The van der Waals surface area contributed by atoms with Gasteiger partial charge >= 0.3 is 44.3 Å². The van der Waals surface area contributed by atoms with Crippen molar-refractivity contribution in [3.8, 4) is 0 Å². The highest BCUT2D eigenvalue weighted by molar-refractivity contribution is 8.60. The number of thiol groups is 5. The van der Waals surface area contributed by atoms with E-state index in [2.05, 4.69) is 106 Å². The summed E-state index contributed by atoms with van der Waals surface area (Å²) < 4.78 is 155. The molecule has 0 amide bonds. The van der Waals surface area contributed by atoms with E-state index in [1.165, 1.54) is 64.9 Å². The predicted octanol–water partition coefficient (Wildman–Crippen LogP) is 5.43. The van der Waals surface area contributed by atoms with Crippen LogP contribution in [0.4, 0.5) is 17.7 Å². The van der Waals surface area contributed by atoms with Crippen LogP contribution in [-0.4, -0.2) is 161 Å². The number of nitrogens with two attached hydrogens (primary N) is 3. The van der Waals surface area contributed by atoms with Gasteiger partial charge in [0.05, 0.1) is 63.5 Å². The quantitative estimate of drug-likeness (QED) is 0.0197. The van der Waals surface area contributed by atoms with Crippen molar-refractivity contribution in [2.75, 3.05) is 50.2 Å². The number of anilines is 3. The Bertz CT molecular complexity index is 5330. The van der Waals surface area contributed by atoms with Crippen LogP contribution in [-0.2, 0) is 99.0 Å². The molecule has 5 aliphatic rings. The number of fused-ring (bicyclic) bond motifs is 2. The van der Waals surface area contributed by atoms with Gasteiger partial charge in [0, 0.05) is 55.4 Å². The first-order valence-electron chi connectivity index (χ1n) is 33.5. The fourth-order valence-corrected chi connectivity index (χ4v) is 21.5. The molecule has 110 heavy (non-hydrogen) atoms. The second-order valence-corrected chi connectivity index (χ2v) is 44.1. The van der Waals surface area contributed by atoms with Gasteiger partial charge in [0.2, 0.25) is 17.6 Å². The van der Waals surface area contributed by atoms with Gasteiger partial charge in [-0.05, 0) is 70.7 Å². The molecule has 12 heterocycles. The van der Waals surface area contributed by atoms with Crippen molar-refractivity contribution in [2.24, 2.45) is 11.8 Å². The summed E-state index contributed by atoms with van der Waals surface area (Å²) >= 11 is 27.6. The number of aromatic amines is 4. The second-order valence-electron chi connectivity index (χ2n) is 27.4. The van der Waals surface area contributed by atoms with Crippen LogP contribution >= 0.6 is 94.1 Å². The highest BCUT2D eigenvalue weighted by Crippen LogP contribution is 2.63. The van der Waals surface area contributed by atoms with E-state index in [0.717, 1.165) is 9.13 Å². The van der Waals surface area contributed by atoms with E-state index < -0.39 is 190 Å². The first-order valence-corrected chi connectivity index (χ1v) is 48.0. The summed E-state index contributed by atoms with van der Waals surface area (Å²) in [4.78, 5) is 120. The summed E-state index contributed by atoms with van der Waals surface area (Å²) in [5.41, 5.74) is 7.69. The minimum absolute atomic E-state index is 0.00154. The van der Waals surface area contributed by atoms with Gasteiger partial charge < -0.3 is 49.9 Å². The summed E-state index contributed by atoms with van der Waals surface area (Å²) in [6, 6.07) is 1.47. The third-order valence-electron chi connectivity index (χ3n) is 17.9. The molecule has 10 N–H and O–H groups in total. The van der Waals surface area contributed by atoms with E-state index in [-0.39, 0.29) is 95.3 Å². The van der Waals surface area contributed by atoms with Crippen LogP contribution in [0, 0.1) is 25.7 Å². The van der Waals surface area contributed by atoms with Gasteiger partial charge in [-0.25, -0.2) is 42.6 Å². The Kier molecular flexibility index (Phi) is 25.6. The summed E-state index contributed by atoms with van der Waals surface area (Å²) in [6.45, 7) is -9.54. The van der Waals surface area contributed by atoms with E-state index in [4.69, 9.17) is 97.9 Å². The number of nitrogens with zero attached hydrogens (tertiary/aromatic N) is 10. The number of hydrogen-bond donors (Lipinski definition) is 12. The number of nitrogens with one attached hydrogen (secondary N) is 4. The van der Waals surface area contributed by atoms with Crippen molar-refractivity contribution in [1.82, 2.24) is 67.7 Å². The van der Waals surface area contributed by atoms with Gasteiger partial charge in [-0.3, -0.25) is 98.1 Å². The van der Waals surface area contributed by atoms with Gasteiger partial charge in [0.1, 0.15) is 79.7 Å². The van der Waals surface area contributed by atoms with E-state index >= 15 is 0 Å². The van der Waals surface area contributed by atoms with Crippen LogP contribution in [0.2, 0.25) is 0 Å². The van der Waals surface area contributed by atoms with Crippen molar-refractivity contribution in [3.63, 3.8) is 0 Å². The zero-order chi connectivity index (χ0) is 79.6. The second kappa shape index (κ2) is 33.3. The van der Waals surface area contributed by atoms with Crippen molar-refractivity contribution >= 4 is 146 Å². The highest BCUT2D eigenvalue weighted by atomic mass is 32.9. The minimum Gasteiger partial charge on any atom is -0.383 e. The summed E-state index contributed by atoms with van der Waals surface area (Å²) in [5, 5.41) is 0. The molecule has 0 aromatic carbocycles. The maximum Gasteiger partial charge on any atom is 0.386 e. The number of aryl methyl sites for hydroxylation is 2. The van der Waals surface area contributed by atoms with Crippen molar-refractivity contribution in [1.29, 1.82) is 0 Å². The lowest BCUT2D eigenvalue weighted by Gasteiger charge is -2.28. The Morgan fingerprint density at radius 1 is 0.509 bits per heavy atom. The Balaban J connectivity index is 0.759. The zero-order valence-electron chi connectivity index (χ0n) is 59.0. The molecule has 54 heteroatoms. The van der Waals surface area contributed by atoms with Crippen LogP contribution in [0.5, 0.6) is 0 Å². The van der Waals surface area contributed by atoms with Crippen molar-refractivity contribution in [3.05, 3.63) is 121 Å². The topological polar surface area (TPSA) is 557 Å². The lowest BCUT2D eigenvalue weighted by atomic mass is 9.89. The van der Waals surface area contributed by atoms with Gasteiger partial charge in [0.25, 0.3) is 22.2 Å². The van der Waals surface area contributed by atoms with E-state index in [9.17, 15) is 51.8 Å². The SMILES string of the molecule is Cc1cn([C@H]2CC(OP(=O)(S)OC[C@H]3O[C@@H](n4cnc5c(=O)[nH]c(N)nc54)CC3OP(=O)(S)OC[C@H]3O[C@@H](n4cc(C)c(=O)[nH]c4=O)CC3OP(=S)(S)OC[C@H]3O[C@@H](n4ccc(N)nc4=O)CC3C(C)C)[C@@H](COP(=O)(S)OC3C[C@H](n4cnc5c(=O)[nH]c(N)nc54)O[C@@H]3COP(=O)(S)OC(C)(C)C)O2)c(=O)[nH]c1=O. The molecule has 5 fully saturated rings. The molecule has 12 rings (SSSR count). The average Bonchev–Trinajstić information content (AvgIpc) is 1.63. The third-order valence-corrected chi connectivity index (χ3v) is 26.9. The molecule has 7 aromatic heterocycles. The maximum atomic E-state index is 14.8. The Morgan fingerprint density at radius 2 is 0.873 bits per heavy atom. The fourth-order valence-electron chi connectivity index (χ4n) is 12.9. The van der Waals surface area contributed by atoms with Crippen LogP contribution in [0.25, 0.3) is 22.3 Å². The molecule has 43 nitrogen and oxygen atoms in total. The molecule has 0 bridgehead atoms. The highest BCUT2D eigenvalue weighted by Gasteiger charge is 2.50. The minimum atomic E-state index is -4.79. The van der Waals surface area contributed by atoms with Crippen LogP contribution in [0.3, 0.4) is 0 Å². The standard InChI is InChI=1S/C56H78N17O26P5S6/c1-24(2)27-10-38(69-9-8-37(57)62-53(69)78)90-32(27)17-89-104(109,110)98-31-14-40(71-16-26(4)48(75)68-55(71)80)92-36(31)20-87-102(83,107)96-29-12-41(72-22-60-43-45(72)63-51(58)65-49(43)76)93-34(29)19-86-100(81,105)95-28-11-39(70-15-25(3)47(74)67-54(70)79)91-33(28)18-85-101(82,106)97-30-13-42(73-23-61-44-46(73)64-52(59)66-50(44)77)94-35(30)21-88-103(84,108)99-56(5,6)7/h8-9,15-16,22-24,27-36,38-42H,10-14,17-21H2,1-7H3,(H,81,105)(H,82,106)(H,83,107)(H,84,108)(H,109,110)(H2,57,62,78)(H,67,74,79)(H,68,75,80)(H3,58,63,65,76)(H3,59,64,66,77)/t27?,28?,29?,30?,31?,32-,33-,34-,35-,36-,38-,39-,40-,41-,42-,100?,101?,102?,103?/m1/s1. The van der Waals surface area contributed by atoms with Gasteiger partial charge in [-0.1, -0.05) is 75.1 Å². The molecular formula is C56H78N17O26P5S6. The maximum absolute atomic E-state index is 14.8.